The van der Waals surface area contributed by atoms with Crippen molar-refractivity contribution >= 4 is 11.6 Å². The number of nitrogens with two attached hydrogens (primary N) is 1. The largest absolute Gasteiger partial charge is 0.381 e. The Morgan fingerprint density at radius 1 is 1.35 bits per heavy atom. The van der Waals surface area contributed by atoms with Gasteiger partial charge in [0, 0.05) is 13.1 Å². The number of rotatable bonds is 6. The van der Waals surface area contributed by atoms with Gasteiger partial charge in [0.25, 0.3) is 0 Å². The van der Waals surface area contributed by atoms with Gasteiger partial charge in [0.05, 0.1) is 12.2 Å². The van der Waals surface area contributed by atoms with E-state index in [0.717, 1.165) is 6.07 Å². The molecule has 4 nitrogen and oxygen atoms in total. The molecule has 0 radical (unpaired) electrons. The number of hydrogen-bond donors (Lipinski definition) is 3. The zero-order valence-electron chi connectivity index (χ0n) is 9.52. The molecule has 0 aromatic heterocycles. The van der Waals surface area contributed by atoms with E-state index in [-0.39, 0.29) is 12.2 Å². The number of amides is 1. The quantitative estimate of drug-likeness (QED) is 0.646. The Kier molecular flexibility index (Phi) is 4.84. The van der Waals surface area contributed by atoms with Gasteiger partial charge in [-0.2, -0.15) is 0 Å². The van der Waals surface area contributed by atoms with Gasteiger partial charge in [0.2, 0.25) is 5.91 Å². The van der Waals surface area contributed by atoms with Crippen molar-refractivity contribution in [2.24, 2.45) is 5.73 Å². The zero-order chi connectivity index (χ0) is 12.8. The monoisotopic (exact) mass is 243 g/mol. The SMILES string of the molecule is Cc1ccc(F)c(F)c1NCCNCC(N)=O. The van der Waals surface area contributed by atoms with Gasteiger partial charge >= 0.3 is 0 Å². The Balaban J connectivity index is 2.46. The van der Waals surface area contributed by atoms with E-state index in [9.17, 15) is 13.6 Å². The van der Waals surface area contributed by atoms with E-state index in [0.29, 0.717) is 18.7 Å². The van der Waals surface area contributed by atoms with E-state index in [1.54, 1.807) is 6.92 Å². The number of carbonyl (C=O) groups excluding carboxylic acids is 1. The topological polar surface area (TPSA) is 67.2 Å². The van der Waals surface area contributed by atoms with Crippen LogP contribution in [0.15, 0.2) is 12.1 Å². The number of benzene rings is 1. The van der Waals surface area contributed by atoms with Crippen LogP contribution in [0.2, 0.25) is 0 Å². The summed E-state index contributed by atoms with van der Waals surface area (Å²) in [7, 11) is 0. The fourth-order valence-electron chi connectivity index (χ4n) is 1.35. The summed E-state index contributed by atoms with van der Waals surface area (Å²) in [6, 6.07) is 2.58. The number of aryl methyl sites for hydroxylation is 1. The van der Waals surface area contributed by atoms with Crippen LogP contribution in [0.1, 0.15) is 5.56 Å². The Bertz CT molecular complexity index is 410. The molecule has 0 aliphatic heterocycles. The lowest BCUT2D eigenvalue weighted by Gasteiger charge is -2.11. The first-order valence-corrected chi connectivity index (χ1v) is 5.20. The highest BCUT2D eigenvalue weighted by molar-refractivity contribution is 5.75. The van der Waals surface area contributed by atoms with E-state index >= 15 is 0 Å². The predicted molar refractivity (Wildman–Crippen MR) is 61.6 cm³/mol. The molecule has 1 aromatic carbocycles. The summed E-state index contributed by atoms with van der Waals surface area (Å²) in [5, 5.41) is 5.52. The molecule has 0 aliphatic carbocycles. The minimum atomic E-state index is -0.889. The lowest BCUT2D eigenvalue weighted by molar-refractivity contribution is -0.117. The molecule has 0 saturated heterocycles. The molecule has 6 heteroatoms. The molecule has 1 aromatic rings. The predicted octanol–water partition coefficient (Wildman–Crippen LogP) is 0.760. The molecule has 1 amide bonds. The van der Waals surface area contributed by atoms with E-state index in [4.69, 9.17) is 5.73 Å². The van der Waals surface area contributed by atoms with Crippen molar-refractivity contribution in [1.29, 1.82) is 0 Å². The number of carbonyl (C=O) groups is 1. The van der Waals surface area contributed by atoms with Crippen LogP contribution in [-0.2, 0) is 4.79 Å². The smallest absolute Gasteiger partial charge is 0.231 e. The van der Waals surface area contributed by atoms with Gasteiger partial charge in [-0.15, -0.1) is 0 Å². The average Bonchev–Trinajstić information content (AvgIpc) is 2.27. The maximum atomic E-state index is 13.4. The van der Waals surface area contributed by atoms with Crippen LogP contribution in [0.5, 0.6) is 0 Å². The summed E-state index contributed by atoms with van der Waals surface area (Å²) in [5.41, 5.74) is 5.69. The molecule has 17 heavy (non-hydrogen) atoms. The first kappa shape index (κ1) is 13.4. The number of anilines is 1. The van der Waals surface area contributed by atoms with Crippen molar-refractivity contribution in [3.63, 3.8) is 0 Å². The maximum absolute atomic E-state index is 13.4. The molecule has 0 fully saturated rings. The highest BCUT2D eigenvalue weighted by Gasteiger charge is 2.10. The molecule has 0 bridgehead atoms. The third kappa shape index (κ3) is 3.99. The van der Waals surface area contributed by atoms with Gasteiger partial charge in [-0.05, 0) is 18.6 Å². The van der Waals surface area contributed by atoms with E-state index in [1.807, 2.05) is 0 Å². The first-order valence-electron chi connectivity index (χ1n) is 5.20. The molecule has 0 spiro atoms. The van der Waals surface area contributed by atoms with Gasteiger partial charge < -0.3 is 16.4 Å². The summed E-state index contributed by atoms with van der Waals surface area (Å²) in [6.45, 7) is 2.54. The zero-order valence-corrected chi connectivity index (χ0v) is 9.52. The molecule has 0 heterocycles. The van der Waals surface area contributed by atoms with Crippen molar-refractivity contribution in [2.45, 2.75) is 6.92 Å². The number of primary amides is 1. The molecular weight excluding hydrogens is 228 g/mol. The molecule has 0 unspecified atom stereocenters. The third-order valence-electron chi connectivity index (χ3n) is 2.21. The summed E-state index contributed by atoms with van der Waals surface area (Å²) in [5.74, 6) is -2.23. The van der Waals surface area contributed by atoms with Gasteiger partial charge in [-0.25, -0.2) is 8.78 Å². The Morgan fingerprint density at radius 2 is 2.06 bits per heavy atom. The highest BCUT2D eigenvalue weighted by atomic mass is 19.2. The fraction of sp³-hybridized carbons (Fsp3) is 0.364. The van der Waals surface area contributed by atoms with Crippen LogP contribution in [0.25, 0.3) is 0 Å². The fourth-order valence-corrected chi connectivity index (χ4v) is 1.35. The number of nitrogens with one attached hydrogen (secondary N) is 2. The maximum Gasteiger partial charge on any atom is 0.231 e. The van der Waals surface area contributed by atoms with Gasteiger partial charge in [-0.3, -0.25) is 4.79 Å². The minimum Gasteiger partial charge on any atom is -0.381 e. The third-order valence-corrected chi connectivity index (χ3v) is 2.21. The van der Waals surface area contributed by atoms with Crippen molar-refractivity contribution in [3.8, 4) is 0 Å². The van der Waals surface area contributed by atoms with E-state index in [1.165, 1.54) is 6.07 Å². The van der Waals surface area contributed by atoms with Crippen LogP contribution in [0.4, 0.5) is 14.5 Å². The van der Waals surface area contributed by atoms with Crippen molar-refractivity contribution in [3.05, 3.63) is 29.3 Å². The lowest BCUT2D eigenvalue weighted by Crippen LogP contribution is -2.32. The second kappa shape index (κ2) is 6.15. The van der Waals surface area contributed by atoms with Crippen molar-refractivity contribution < 1.29 is 13.6 Å². The second-order valence-electron chi connectivity index (χ2n) is 3.62. The first-order chi connectivity index (χ1) is 8.02. The Morgan fingerprint density at radius 3 is 2.71 bits per heavy atom. The molecule has 94 valence electrons. The second-order valence-corrected chi connectivity index (χ2v) is 3.62. The van der Waals surface area contributed by atoms with Gasteiger partial charge in [0.1, 0.15) is 0 Å². The van der Waals surface area contributed by atoms with Crippen molar-refractivity contribution in [2.75, 3.05) is 25.0 Å². The normalized spacial score (nSPS) is 10.3. The summed E-state index contributed by atoms with van der Waals surface area (Å²) >= 11 is 0. The number of hydrogen-bond acceptors (Lipinski definition) is 3. The van der Waals surface area contributed by atoms with Crippen LogP contribution < -0.4 is 16.4 Å². The Labute approximate surface area is 98.2 Å². The van der Waals surface area contributed by atoms with Crippen LogP contribution in [0.3, 0.4) is 0 Å². The molecule has 0 aliphatic rings. The molecule has 0 saturated carbocycles. The Hall–Kier alpha value is -1.69. The number of halogens is 2. The van der Waals surface area contributed by atoms with Crippen LogP contribution in [0, 0.1) is 18.6 Å². The molecular formula is C11H15F2N3O. The van der Waals surface area contributed by atoms with Crippen LogP contribution in [-0.4, -0.2) is 25.5 Å². The summed E-state index contributed by atoms with van der Waals surface area (Å²) in [6.07, 6.45) is 0. The van der Waals surface area contributed by atoms with Gasteiger partial charge in [-0.1, -0.05) is 6.07 Å². The summed E-state index contributed by atoms with van der Waals surface area (Å²) in [4.78, 5) is 10.4. The van der Waals surface area contributed by atoms with E-state index < -0.39 is 17.5 Å². The summed E-state index contributed by atoms with van der Waals surface area (Å²) < 4.78 is 26.3. The highest BCUT2D eigenvalue weighted by Crippen LogP contribution is 2.21. The average molecular weight is 243 g/mol. The van der Waals surface area contributed by atoms with Crippen molar-refractivity contribution in [1.82, 2.24) is 5.32 Å². The molecule has 4 N–H and O–H groups in total. The van der Waals surface area contributed by atoms with Crippen LogP contribution >= 0.6 is 0 Å². The minimum absolute atomic E-state index is 0.0618. The lowest BCUT2D eigenvalue weighted by atomic mass is 10.2. The van der Waals surface area contributed by atoms with Gasteiger partial charge in [0.15, 0.2) is 11.6 Å². The standard InChI is InChI=1S/C11H15F2N3O/c1-7-2-3-8(12)10(13)11(7)16-5-4-15-6-9(14)17/h2-3,15-16H,4-6H2,1H3,(H2,14,17). The molecule has 1 rings (SSSR count). The van der Waals surface area contributed by atoms with E-state index in [2.05, 4.69) is 10.6 Å². The molecule has 0 atom stereocenters.